The molecule has 0 N–H and O–H groups in total. The summed E-state index contributed by atoms with van der Waals surface area (Å²) >= 11 is 0. The quantitative estimate of drug-likeness (QED) is 0.687. The summed E-state index contributed by atoms with van der Waals surface area (Å²) in [5, 5.41) is 0. The molecule has 1 aromatic rings. The molecular weight excluding hydrogens is 176 g/mol. The fourth-order valence-electron chi connectivity index (χ4n) is 1.44. The van der Waals surface area contributed by atoms with Crippen molar-refractivity contribution in [2.45, 2.75) is 27.2 Å². The molecule has 0 spiro atoms. The summed E-state index contributed by atoms with van der Waals surface area (Å²) in [5.74, 6) is 0.154. The molecule has 0 radical (unpaired) electrons. The number of ketones is 2. The Labute approximate surface area is 83.9 Å². The Morgan fingerprint density at radius 3 is 2.36 bits per heavy atom. The van der Waals surface area contributed by atoms with Crippen LogP contribution in [0.2, 0.25) is 0 Å². The molecule has 0 aromatic heterocycles. The van der Waals surface area contributed by atoms with Crippen LogP contribution in [0.1, 0.15) is 46.5 Å². The third kappa shape index (κ3) is 2.08. The van der Waals surface area contributed by atoms with Crippen LogP contribution in [0, 0.1) is 6.92 Å². The lowest BCUT2D eigenvalue weighted by atomic mass is 10.00. The maximum absolute atomic E-state index is 11.4. The maximum Gasteiger partial charge on any atom is 0.162 e. The van der Waals surface area contributed by atoms with Crippen LogP contribution in [0.3, 0.4) is 0 Å². The Morgan fingerprint density at radius 2 is 1.93 bits per heavy atom. The number of aryl methyl sites for hydroxylation is 1. The molecular formula is C12H14O2. The second-order valence-electron chi connectivity index (χ2n) is 3.36. The third-order valence-corrected chi connectivity index (χ3v) is 2.25. The van der Waals surface area contributed by atoms with E-state index < -0.39 is 0 Å². The minimum Gasteiger partial charge on any atom is -0.295 e. The Bertz CT molecular complexity index is 378. The van der Waals surface area contributed by atoms with E-state index in [0.29, 0.717) is 17.5 Å². The predicted octanol–water partition coefficient (Wildman–Crippen LogP) is 2.79. The van der Waals surface area contributed by atoms with Crippen molar-refractivity contribution in [3.05, 3.63) is 34.9 Å². The molecule has 0 aliphatic heterocycles. The van der Waals surface area contributed by atoms with Gasteiger partial charge >= 0.3 is 0 Å². The smallest absolute Gasteiger partial charge is 0.162 e. The van der Waals surface area contributed by atoms with Crippen LogP contribution in [0.5, 0.6) is 0 Å². The Balaban J connectivity index is 3.12. The molecule has 0 bridgehead atoms. The van der Waals surface area contributed by atoms with Crippen molar-refractivity contribution in [3.8, 4) is 0 Å². The zero-order chi connectivity index (χ0) is 10.7. The van der Waals surface area contributed by atoms with Crippen molar-refractivity contribution >= 4 is 11.6 Å². The van der Waals surface area contributed by atoms with Gasteiger partial charge in [0.1, 0.15) is 0 Å². The first-order valence-electron chi connectivity index (χ1n) is 4.71. The van der Waals surface area contributed by atoms with Gasteiger partial charge in [0.25, 0.3) is 0 Å². The van der Waals surface area contributed by atoms with Gasteiger partial charge in [0.05, 0.1) is 0 Å². The summed E-state index contributed by atoms with van der Waals surface area (Å²) in [5.41, 5.74) is 2.25. The highest BCUT2D eigenvalue weighted by atomic mass is 16.1. The topological polar surface area (TPSA) is 34.1 Å². The van der Waals surface area contributed by atoms with Crippen LogP contribution >= 0.6 is 0 Å². The van der Waals surface area contributed by atoms with Crippen LogP contribution < -0.4 is 0 Å². The lowest BCUT2D eigenvalue weighted by Crippen LogP contribution is -2.01. The van der Waals surface area contributed by atoms with Crippen LogP contribution in [-0.2, 0) is 0 Å². The SMILES string of the molecule is CCC(=O)c1ccc(C(C)=O)c(C)c1. The highest BCUT2D eigenvalue weighted by molar-refractivity contribution is 5.99. The largest absolute Gasteiger partial charge is 0.295 e. The van der Waals surface area contributed by atoms with Crippen LogP contribution in [0.4, 0.5) is 0 Å². The van der Waals surface area contributed by atoms with E-state index in [-0.39, 0.29) is 11.6 Å². The molecule has 0 aliphatic rings. The molecule has 0 fully saturated rings. The minimum absolute atomic E-state index is 0.0398. The summed E-state index contributed by atoms with van der Waals surface area (Å²) in [6, 6.07) is 5.22. The summed E-state index contributed by atoms with van der Waals surface area (Å²) in [6.07, 6.45) is 0.499. The number of carbonyl (C=O) groups excluding carboxylic acids is 2. The molecule has 2 heteroatoms. The van der Waals surface area contributed by atoms with E-state index in [1.165, 1.54) is 6.92 Å². The monoisotopic (exact) mass is 190 g/mol. The van der Waals surface area contributed by atoms with E-state index in [4.69, 9.17) is 0 Å². The van der Waals surface area contributed by atoms with E-state index >= 15 is 0 Å². The summed E-state index contributed by atoms with van der Waals surface area (Å²) < 4.78 is 0. The fraction of sp³-hybridized carbons (Fsp3) is 0.333. The van der Waals surface area contributed by atoms with Crippen molar-refractivity contribution < 1.29 is 9.59 Å². The number of carbonyl (C=O) groups is 2. The van der Waals surface area contributed by atoms with Gasteiger partial charge in [-0.2, -0.15) is 0 Å². The van der Waals surface area contributed by atoms with Gasteiger partial charge in [-0.1, -0.05) is 19.1 Å². The summed E-state index contributed by atoms with van der Waals surface area (Å²) in [7, 11) is 0. The van der Waals surface area contributed by atoms with Gasteiger partial charge in [-0.3, -0.25) is 9.59 Å². The van der Waals surface area contributed by atoms with E-state index in [2.05, 4.69) is 0 Å². The highest BCUT2D eigenvalue weighted by Gasteiger charge is 2.07. The van der Waals surface area contributed by atoms with Gasteiger partial charge in [0, 0.05) is 17.5 Å². The Hall–Kier alpha value is -1.44. The number of benzene rings is 1. The predicted molar refractivity (Wildman–Crippen MR) is 55.8 cm³/mol. The molecule has 0 amide bonds. The lowest BCUT2D eigenvalue weighted by Gasteiger charge is -2.04. The number of hydrogen-bond donors (Lipinski definition) is 0. The van der Waals surface area contributed by atoms with E-state index in [1.54, 1.807) is 18.2 Å². The zero-order valence-electron chi connectivity index (χ0n) is 8.76. The lowest BCUT2D eigenvalue weighted by molar-refractivity contribution is 0.0983. The molecule has 1 aromatic carbocycles. The van der Waals surface area contributed by atoms with E-state index in [1.807, 2.05) is 13.8 Å². The minimum atomic E-state index is 0.0398. The van der Waals surface area contributed by atoms with Crippen molar-refractivity contribution in [1.82, 2.24) is 0 Å². The molecule has 0 atom stereocenters. The van der Waals surface area contributed by atoms with Gasteiger partial charge in [-0.15, -0.1) is 0 Å². The molecule has 0 saturated carbocycles. The van der Waals surface area contributed by atoms with Crippen LogP contribution in [0.25, 0.3) is 0 Å². The average molecular weight is 190 g/mol. The van der Waals surface area contributed by atoms with Crippen molar-refractivity contribution in [2.75, 3.05) is 0 Å². The number of Topliss-reactive ketones (excluding diaryl/α,β-unsaturated/α-hetero) is 2. The first kappa shape index (κ1) is 10.6. The molecule has 0 unspecified atom stereocenters. The van der Waals surface area contributed by atoms with Crippen LogP contribution in [-0.4, -0.2) is 11.6 Å². The molecule has 0 aliphatic carbocycles. The normalized spacial score (nSPS) is 9.93. The second-order valence-corrected chi connectivity index (χ2v) is 3.36. The highest BCUT2D eigenvalue weighted by Crippen LogP contribution is 2.13. The van der Waals surface area contributed by atoms with Crippen molar-refractivity contribution in [1.29, 1.82) is 0 Å². The molecule has 2 nitrogen and oxygen atoms in total. The third-order valence-electron chi connectivity index (χ3n) is 2.25. The average Bonchev–Trinajstić information content (AvgIpc) is 2.15. The number of hydrogen-bond acceptors (Lipinski definition) is 2. The van der Waals surface area contributed by atoms with Gasteiger partial charge in [0.2, 0.25) is 0 Å². The molecule has 14 heavy (non-hydrogen) atoms. The molecule has 74 valence electrons. The van der Waals surface area contributed by atoms with Crippen molar-refractivity contribution in [2.24, 2.45) is 0 Å². The summed E-state index contributed by atoms with van der Waals surface area (Å²) in [4.78, 5) is 22.5. The number of rotatable bonds is 3. The molecule has 0 saturated heterocycles. The fourth-order valence-corrected chi connectivity index (χ4v) is 1.44. The van der Waals surface area contributed by atoms with Crippen LogP contribution in [0.15, 0.2) is 18.2 Å². The molecule has 1 rings (SSSR count). The van der Waals surface area contributed by atoms with E-state index in [9.17, 15) is 9.59 Å². The maximum atomic E-state index is 11.4. The molecule has 0 heterocycles. The zero-order valence-corrected chi connectivity index (χ0v) is 8.76. The Kier molecular flexibility index (Phi) is 3.18. The first-order valence-corrected chi connectivity index (χ1v) is 4.71. The van der Waals surface area contributed by atoms with Gasteiger partial charge in [-0.25, -0.2) is 0 Å². The summed E-state index contributed by atoms with van der Waals surface area (Å²) in [6.45, 7) is 5.21. The van der Waals surface area contributed by atoms with Gasteiger partial charge < -0.3 is 0 Å². The Morgan fingerprint density at radius 1 is 1.29 bits per heavy atom. The van der Waals surface area contributed by atoms with Gasteiger partial charge in [-0.05, 0) is 25.5 Å². The first-order chi connectivity index (χ1) is 6.56. The van der Waals surface area contributed by atoms with Crippen molar-refractivity contribution in [3.63, 3.8) is 0 Å². The van der Waals surface area contributed by atoms with E-state index in [0.717, 1.165) is 5.56 Å². The standard InChI is InChI=1S/C12H14O2/c1-4-12(14)10-5-6-11(9(3)13)8(2)7-10/h5-7H,4H2,1-3H3. The second kappa shape index (κ2) is 4.18. The van der Waals surface area contributed by atoms with Gasteiger partial charge in [0.15, 0.2) is 11.6 Å².